The first-order valence-corrected chi connectivity index (χ1v) is 9.17. The number of aromatic nitrogens is 1. The fourth-order valence-corrected chi connectivity index (χ4v) is 2.93. The maximum Gasteiger partial charge on any atom is 0.263 e. The van der Waals surface area contributed by atoms with Crippen molar-refractivity contribution in [1.82, 2.24) is 15.2 Å². The van der Waals surface area contributed by atoms with Crippen LogP contribution in [-0.4, -0.2) is 30.7 Å². The highest BCUT2D eigenvalue weighted by Crippen LogP contribution is 2.23. The van der Waals surface area contributed by atoms with E-state index in [9.17, 15) is 9.59 Å². The van der Waals surface area contributed by atoms with E-state index in [1.807, 2.05) is 24.3 Å². The second-order valence-electron chi connectivity index (χ2n) is 6.88. The summed E-state index contributed by atoms with van der Waals surface area (Å²) in [7, 11) is 3.08. The molecule has 0 atom stereocenters. The molecular formula is C22H25N3O3. The smallest absolute Gasteiger partial charge is 0.263 e. The van der Waals surface area contributed by atoms with E-state index in [1.165, 1.54) is 11.6 Å². The van der Waals surface area contributed by atoms with Crippen molar-refractivity contribution in [2.75, 3.05) is 14.2 Å². The number of methoxy groups -OCH3 is 1. The maximum absolute atomic E-state index is 12.9. The number of hydrogen-bond acceptors (Lipinski definition) is 4. The Bertz CT molecular complexity index is 987. The van der Waals surface area contributed by atoms with Crippen molar-refractivity contribution in [2.24, 2.45) is 0 Å². The number of nitrogens with one attached hydrogen (secondary N) is 2. The number of rotatable bonds is 8. The van der Waals surface area contributed by atoms with Crippen molar-refractivity contribution in [3.8, 4) is 0 Å². The standard InChI is InChI=1S/C22H25N3O3/c1-14(24-19-8-9-19)18-11-20(21(26)23-3)22(27)25(13-18)12-16-6-5-7-17(10-16)15(2)28-4/h5-7,10-11,13,19,24H,1-2,8-9,12H2,3-4H3,(H,23,26). The van der Waals surface area contributed by atoms with Gasteiger partial charge in [-0.3, -0.25) is 9.59 Å². The topological polar surface area (TPSA) is 72.4 Å². The number of benzene rings is 1. The molecule has 1 aliphatic carbocycles. The Hall–Kier alpha value is -3.28. The third kappa shape index (κ3) is 4.34. The molecule has 28 heavy (non-hydrogen) atoms. The molecule has 1 aromatic heterocycles. The molecule has 0 bridgehead atoms. The predicted molar refractivity (Wildman–Crippen MR) is 111 cm³/mol. The number of amides is 1. The molecule has 3 rings (SSSR count). The average Bonchev–Trinajstić information content (AvgIpc) is 3.52. The molecule has 0 saturated heterocycles. The van der Waals surface area contributed by atoms with Crippen LogP contribution in [0.15, 0.2) is 54.5 Å². The number of nitrogens with zero attached hydrogens (tertiary/aromatic N) is 1. The lowest BCUT2D eigenvalue weighted by molar-refractivity contribution is 0.0961. The van der Waals surface area contributed by atoms with Crippen molar-refractivity contribution in [1.29, 1.82) is 0 Å². The van der Waals surface area contributed by atoms with E-state index in [-0.39, 0.29) is 11.1 Å². The first-order chi connectivity index (χ1) is 13.4. The molecule has 1 amide bonds. The Kier molecular flexibility index (Phi) is 5.68. The van der Waals surface area contributed by atoms with E-state index in [2.05, 4.69) is 23.8 Å². The number of hydrogen-bond donors (Lipinski definition) is 2. The van der Waals surface area contributed by atoms with Gasteiger partial charge in [-0.2, -0.15) is 0 Å². The zero-order valence-corrected chi connectivity index (χ0v) is 16.2. The van der Waals surface area contributed by atoms with Crippen molar-refractivity contribution >= 4 is 17.4 Å². The van der Waals surface area contributed by atoms with Crippen molar-refractivity contribution in [3.63, 3.8) is 0 Å². The molecule has 1 aromatic carbocycles. The monoisotopic (exact) mass is 379 g/mol. The summed E-state index contributed by atoms with van der Waals surface area (Å²) in [6.07, 6.45) is 3.96. The number of ether oxygens (including phenoxy) is 1. The van der Waals surface area contributed by atoms with E-state index in [0.717, 1.165) is 29.5 Å². The summed E-state index contributed by atoms with van der Waals surface area (Å²) in [5, 5.41) is 5.86. The minimum atomic E-state index is -0.415. The highest BCUT2D eigenvalue weighted by molar-refractivity contribution is 5.94. The lowest BCUT2D eigenvalue weighted by Crippen LogP contribution is -2.32. The lowest BCUT2D eigenvalue weighted by atomic mass is 10.1. The number of carbonyl (C=O) groups is 1. The summed E-state index contributed by atoms with van der Waals surface area (Å²) in [5.41, 5.74) is 2.93. The summed E-state index contributed by atoms with van der Waals surface area (Å²) >= 11 is 0. The van der Waals surface area contributed by atoms with Crippen LogP contribution < -0.4 is 16.2 Å². The fourth-order valence-electron chi connectivity index (χ4n) is 2.93. The van der Waals surface area contributed by atoms with Gasteiger partial charge in [0.1, 0.15) is 11.3 Å². The first kappa shape index (κ1) is 19.5. The normalized spacial score (nSPS) is 12.9. The van der Waals surface area contributed by atoms with Gasteiger partial charge in [0.05, 0.1) is 13.7 Å². The second kappa shape index (κ2) is 8.17. The largest absolute Gasteiger partial charge is 0.497 e. The van der Waals surface area contributed by atoms with Crippen molar-refractivity contribution in [3.05, 3.63) is 82.3 Å². The number of carbonyl (C=O) groups excluding carboxylic acids is 1. The van der Waals surface area contributed by atoms with Crippen LogP contribution in [0, 0.1) is 0 Å². The molecule has 1 aliphatic rings. The van der Waals surface area contributed by atoms with Crippen LogP contribution in [-0.2, 0) is 11.3 Å². The average molecular weight is 379 g/mol. The molecule has 6 heteroatoms. The molecule has 2 aromatic rings. The van der Waals surface area contributed by atoms with Gasteiger partial charge in [-0.15, -0.1) is 0 Å². The van der Waals surface area contributed by atoms with E-state index in [0.29, 0.717) is 24.0 Å². The summed E-state index contributed by atoms with van der Waals surface area (Å²) < 4.78 is 6.72. The minimum absolute atomic E-state index is 0.0937. The van der Waals surface area contributed by atoms with Crippen LogP contribution in [0.1, 0.15) is 39.9 Å². The number of pyridine rings is 1. The van der Waals surface area contributed by atoms with Crippen LogP contribution in [0.2, 0.25) is 0 Å². The Morgan fingerprint density at radius 3 is 2.64 bits per heavy atom. The third-order valence-electron chi connectivity index (χ3n) is 4.71. The molecule has 146 valence electrons. The summed E-state index contributed by atoms with van der Waals surface area (Å²) in [4.78, 5) is 25.1. The van der Waals surface area contributed by atoms with Crippen LogP contribution >= 0.6 is 0 Å². The summed E-state index contributed by atoms with van der Waals surface area (Å²) in [6.45, 7) is 8.25. The zero-order chi connectivity index (χ0) is 20.3. The van der Waals surface area contributed by atoms with E-state index >= 15 is 0 Å². The van der Waals surface area contributed by atoms with Crippen molar-refractivity contribution in [2.45, 2.75) is 25.4 Å². The zero-order valence-electron chi connectivity index (χ0n) is 16.2. The predicted octanol–water partition coefficient (Wildman–Crippen LogP) is 2.60. The third-order valence-corrected chi connectivity index (χ3v) is 4.71. The Labute approximate surface area is 164 Å². The van der Waals surface area contributed by atoms with E-state index in [1.54, 1.807) is 19.4 Å². The van der Waals surface area contributed by atoms with Gasteiger partial charge in [-0.05, 0) is 30.5 Å². The molecule has 1 saturated carbocycles. The van der Waals surface area contributed by atoms with Gasteiger partial charge >= 0.3 is 0 Å². The van der Waals surface area contributed by atoms with Crippen molar-refractivity contribution < 1.29 is 9.53 Å². The van der Waals surface area contributed by atoms with Gasteiger partial charge < -0.3 is 19.9 Å². The molecule has 6 nitrogen and oxygen atoms in total. The first-order valence-electron chi connectivity index (χ1n) is 9.17. The van der Waals surface area contributed by atoms with E-state index < -0.39 is 5.91 Å². The summed E-state index contributed by atoms with van der Waals surface area (Å²) in [5.74, 6) is 0.136. The molecule has 1 heterocycles. The van der Waals surface area contributed by atoms with Gasteiger partial charge in [-0.25, -0.2) is 0 Å². The second-order valence-corrected chi connectivity index (χ2v) is 6.88. The molecule has 0 radical (unpaired) electrons. The van der Waals surface area contributed by atoms with Gasteiger partial charge in [0.15, 0.2) is 0 Å². The van der Waals surface area contributed by atoms with Gasteiger partial charge in [0.2, 0.25) is 0 Å². The van der Waals surface area contributed by atoms with E-state index in [4.69, 9.17) is 4.74 Å². The molecule has 0 aliphatic heterocycles. The molecule has 2 N–H and O–H groups in total. The van der Waals surface area contributed by atoms with Gasteiger partial charge in [-0.1, -0.05) is 31.4 Å². The lowest BCUT2D eigenvalue weighted by Gasteiger charge is -2.15. The minimum Gasteiger partial charge on any atom is -0.497 e. The highest BCUT2D eigenvalue weighted by Gasteiger charge is 2.22. The molecular weight excluding hydrogens is 354 g/mol. The Morgan fingerprint density at radius 2 is 2.00 bits per heavy atom. The van der Waals surface area contributed by atoms with Gasteiger partial charge in [0, 0.05) is 36.1 Å². The SMILES string of the molecule is C=C(NC1CC1)c1cc(C(=O)NC)c(=O)n(Cc2cccc(C(=C)OC)c2)c1. The Morgan fingerprint density at radius 1 is 1.25 bits per heavy atom. The van der Waals surface area contributed by atoms with Crippen LogP contribution in [0.4, 0.5) is 0 Å². The van der Waals surface area contributed by atoms with Gasteiger partial charge in [0.25, 0.3) is 11.5 Å². The maximum atomic E-state index is 12.9. The molecule has 0 unspecified atom stereocenters. The Balaban J connectivity index is 1.99. The summed E-state index contributed by atoms with van der Waals surface area (Å²) in [6, 6.07) is 9.64. The quantitative estimate of drug-likeness (QED) is 0.692. The van der Waals surface area contributed by atoms with Crippen LogP contribution in [0.5, 0.6) is 0 Å². The molecule has 0 spiro atoms. The van der Waals surface area contributed by atoms with Crippen LogP contribution in [0.3, 0.4) is 0 Å². The fraction of sp³-hybridized carbons (Fsp3) is 0.273. The van der Waals surface area contributed by atoms with Crippen LogP contribution in [0.25, 0.3) is 11.5 Å². The molecule has 1 fully saturated rings. The highest BCUT2D eigenvalue weighted by atomic mass is 16.5.